The van der Waals surface area contributed by atoms with Crippen LogP contribution in [0.3, 0.4) is 0 Å². The number of carbonyl (C=O) groups is 1. The Morgan fingerprint density at radius 1 is 1.22 bits per heavy atom. The summed E-state index contributed by atoms with van der Waals surface area (Å²) in [5.74, 6) is 0.632. The van der Waals surface area contributed by atoms with E-state index in [1.807, 2.05) is 0 Å². The van der Waals surface area contributed by atoms with Crippen LogP contribution < -0.4 is 10.6 Å². The Balaban J connectivity index is 1.30. The summed E-state index contributed by atoms with van der Waals surface area (Å²) < 4.78 is 2.05. The van der Waals surface area contributed by atoms with Gasteiger partial charge in [-0.2, -0.15) is 5.26 Å². The summed E-state index contributed by atoms with van der Waals surface area (Å²) in [4.78, 5) is 16.6. The molecule has 2 amide bonds. The molecule has 2 aromatic carbocycles. The summed E-state index contributed by atoms with van der Waals surface area (Å²) in [5, 5.41) is 25.6. The molecular formula is C24H24ClN5O2. The Labute approximate surface area is 191 Å². The van der Waals surface area contributed by atoms with Gasteiger partial charge in [-0.05, 0) is 68.0 Å². The number of imidazole rings is 1. The Kier molecular flexibility index (Phi) is 6.62. The molecule has 8 heteroatoms. The summed E-state index contributed by atoms with van der Waals surface area (Å²) in [5.41, 5.74) is 2.62. The molecule has 0 bridgehead atoms. The normalized spacial score (nSPS) is 18.0. The van der Waals surface area contributed by atoms with Gasteiger partial charge >= 0.3 is 6.03 Å². The standard InChI is InChI=1S/C24H24ClN5O2/c25-18-6-9-23(31)21(11-18)22-13-27-15-30(22)14-16-4-7-19(8-5-16)28-24(32)29-20-3-1-2-17(10-20)12-26/h1-3,6,9-11,13,15-16,19,31H,4-5,7-8,14H2,(H2,28,29,32). The number of carbonyl (C=O) groups excluding carboxylic acids is 1. The van der Waals surface area contributed by atoms with E-state index in [1.54, 1.807) is 55.0 Å². The van der Waals surface area contributed by atoms with E-state index in [-0.39, 0.29) is 17.8 Å². The largest absolute Gasteiger partial charge is 0.507 e. The highest BCUT2D eigenvalue weighted by Gasteiger charge is 2.24. The van der Waals surface area contributed by atoms with E-state index in [0.29, 0.717) is 27.8 Å². The second-order valence-electron chi connectivity index (χ2n) is 8.10. The highest BCUT2D eigenvalue weighted by Crippen LogP contribution is 2.33. The van der Waals surface area contributed by atoms with Gasteiger partial charge in [-0.15, -0.1) is 0 Å². The smallest absolute Gasteiger partial charge is 0.319 e. The molecule has 3 N–H and O–H groups in total. The zero-order chi connectivity index (χ0) is 22.5. The minimum atomic E-state index is -0.253. The zero-order valence-corrected chi connectivity index (χ0v) is 18.2. The van der Waals surface area contributed by atoms with E-state index in [2.05, 4.69) is 26.3 Å². The van der Waals surface area contributed by atoms with Crippen LogP contribution in [-0.4, -0.2) is 26.7 Å². The molecule has 1 aliphatic carbocycles. The molecule has 7 nitrogen and oxygen atoms in total. The molecule has 4 rings (SSSR count). The lowest BCUT2D eigenvalue weighted by Gasteiger charge is -2.29. The van der Waals surface area contributed by atoms with Crippen LogP contribution in [0.15, 0.2) is 55.0 Å². The number of urea groups is 1. The van der Waals surface area contributed by atoms with Crippen molar-refractivity contribution in [2.24, 2.45) is 5.92 Å². The average Bonchev–Trinajstić information content (AvgIpc) is 3.24. The first-order valence-electron chi connectivity index (χ1n) is 10.6. The van der Waals surface area contributed by atoms with Gasteiger partial charge in [0.05, 0.1) is 29.9 Å². The molecule has 0 radical (unpaired) electrons. The third-order valence-corrected chi connectivity index (χ3v) is 6.07. The van der Waals surface area contributed by atoms with E-state index in [1.165, 1.54) is 0 Å². The molecule has 3 aromatic rings. The quantitative estimate of drug-likeness (QED) is 0.500. The van der Waals surface area contributed by atoms with Crippen LogP contribution in [0.25, 0.3) is 11.3 Å². The number of hydrogen-bond donors (Lipinski definition) is 3. The molecule has 1 aliphatic rings. The maximum atomic E-state index is 12.3. The number of rotatable bonds is 5. The summed E-state index contributed by atoms with van der Waals surface area (Å²) in [7, 11) is 0. The minimum absolute atomic E-state index is 0.115. The van der Waals surface area contributed by atoms with E-state index < -0.39 is 0 Å². The number of amides is 2. The molecule has 0 saturated heterocycles. The van der Waals surface area contributed by atoms with Crippen molar-refractivity contribution in [3.63, 3.8) is 0 Å². The summed E-state index contributed by atoms with van der Waals surface area (Å²) in [6.07, 6.45) is 7.26. The number of anilines is 1. The second kappa shape index (κ2) is 9.75. The van der Waals surface area contributed by atoms with Crippen LogP contribution in [0.2, 0.25) is 5.02 Å². The summed E-state index contributed by atoms with van der Waals surface area (Å²) in [6.45, 7) is 0.793. The Hall–Kier alpha value is -3.50. The number of halogens is 1. The van der Waals surface area contributed by atoms with Crippen LogP contribution >= 0.6 is 11.6 Å². The highest BCUT2D eigenvalue weighted by molar-refractivity contribution is 6.30. The van der Waals surface area contributed by atoms with Gasteiger partial charge in [-0.25, -0.2) is 9.78 Å². The number of phenols is 1. The van der Waals surface area contributed by atoms with E-state index in [9.17, 15) is 9.90 Å². The van der Waals surface area contributed by atoms with E-state index in [0.717, 1.165) is 37.9 Å². The number of aromatic hydroxyl groups is 1. The molecule has 1 aromatic heterocycles. The molecule has 0 spiro atoms. The molecule has 0 unspecified atom stereocenters. The number of phenolic OH excluding ortho intramolecular Hbond substituents is 1. The lowest BCUT2D eigenvalue weighted by atomic mass is 9.86. The van der Waals surface area contributed by atoms with E-state index >= 15 is 0 Å². The maximum Gasteiger partial charge on any atom is 0.319 e. The Morgan fingerprint density at radius 2 is 2.03 bits per heavy atom. The molecule has 32 heavy (non-hydrogen) atoms. The van der Waals surface area contributed by atoms with Crippen molar-refractivity contribution in [2.45, 2.75) is 38.3 Å². The molecule has 0 atom stereocenters. The van der Waals surface area contributed by atoms with Crippen molar-refractivity contribution in [2.75, 3.05) is 5.32 Å². The van der Waals surface area contributed by atoms with Crippen molar-refractivity contribution >= 4 is 23.3 Å². The van der Waals surface area contributed by atoms with Gasteiger partial charge in [0.25, 0.3) is 0 Å². The zero-order valence-electron chi connectivity index (χ0n) is 17.5. The van der Waals surface area contributed by atoms with Gasteiger partial charge in [-0.1, -0.05) is 17.7 Å². The van der Waals surface area contributed by atoms with Crippen molar-refractivity contribution in [3.8, 4) is 23.1 Å². The third-order valence-electron chi connectivity index (χ3n) is 5.83. The van der Waals surface area contributed by atoms with Crippen LogP contribution in [0, 0.1) is 17.2 Å². The van der Waals surface area contributed by atoms with Crippen molar-refractivity contribution in [1.82, 2.24) is 14.9 Å². The fourth-order valence-corrected chi connectivity index (χ4v) is 4.36. The molecule has 1 heterocycles. The number of aromatic nitrogens is 2. The molecule has 164 valence electrons. The number of nitrogens with zero attached hydrogens (tertiary/aromatic N) is 3. The van der Waals surface area contributed by atoms with Crippen LogP contribution in [0.5, 0.6) is 5.75 Å². The Morgan fingerprint density at radius 3 is 2.81 bits per heavy atom. The van der Waals surface area contributed by atoms with Crippen molar-refractivity contribution < 1.29 is 9.90 Å². The van der Waals surface area contributed by atoms with Gasteiger partial charge in [0.2, 0.25) is 0 Å². The van der Waals surface area contributed by atoms with Gasteiger partial charge in [0, 0.05) is 28.9 Å². The van der Waals surface area contributed by atoms with Crippen molar-refractivity contribution in [3.05, 3.63) is 65.6 Å². The fraction of sp³-hybridized carbons (Fsp3) is 0.292. The van der Waals surface area contributed by atoms with Gasteiger partial charge in [0.15, 0.2) is 0 Å². The first kappa shape index (κ1) is 21.7. The van der Waals surface area contributed by atoms with E-state index in [4.69, 9.17) is 16.9 Å². The SMILES string of the molecule is N#Cc1cccc(NC(=O)NC2CCC(Cn3cncc3-c3cc(Cl)ccc3O)CC2)c1. The lowest BCUT2D eigenvalue weighted by molar-refractivity contribution is 0.234. The fourth-order valence-electron chi connectivity index (χ4n) is 4.19. The second-order valence-corrected chi connectivity index (χ2v) is 8.54. The predicted octanol–water partition coefficient (Wildman–Crippen LogP) is 5.16. The van der Waals surface area contributed by atoms with Crippen LogP contribution in [0.1, 0.15) is 31.2 Å². The number of benzene rings is 2. The number of nitrogens with one attached hydrogen (secondary N) is 2. The van der Waals surface area contributed by atoms with Gasteiger partial charge < -0.3 is 20.3 Å². The third kappa shape index (κ3) is 5.21. The molecule has 1 saturated carbocycles. The van der Waals surface area contributed by atoms with Gasteiger partial charge in [-0.3, -0.25) is 0 Å². The average molecular weight is 450 g/mol. The van der Waals surface area contributed by atoms with Crippen molar-refractivity contribution in [1.29, 1.82) is 5.26 Å². The molecule has 0 aliphatic heterocycles. The topological polar surface area (TPSA) is 103 Å². The molecular weight excluding hydrogens is 426 g/mol. The predicted molar refractivity (Wildman–Crippen MR) is 123 cm³/mol. The van der Waals surface area contributed by atoms with Crippen LogP contribution in [0.4, 0.5) is 10.5 Å². The monoisotopic (exact) mass is 449 g/mol. The molecule has 1 fully saturated rings. The van der Waals surface area contributed by atoms with Gasteiger partial charge in [0.1, 0.15) is 5.75 Å². The van der Waals surface area contributed by atoms with Crippen LogP contribution in [-0.2, 0) is 6.54 Å². The lowest BCUT2D eigenvalue weighted by Crippen LogP contribution is -2.40. The number of nitriles is 1. The first-order valence-corrected chi connectivity index (χ1v) is 11.0. The summed E-state index contributed by atoms with van der Waals surface area (Å²) in [6, 6.07) is 13.8. The number of hydrogen-bond acceptors (Lipinski definition) is 4. The Bertz CT molecular complexity index is 1150. The summed E-state index contributed by atoms with van der Waals surface area (Å²) >= 11 is 6.11. The highest BCUT2D eigenvalue weighted by atomic mass is 35.5. The first-order chi connectivity index (χ1) is 15.5. The minimum Gasteiger partial charge on any atom is -0.507 e. The maximum absolute atomic E-state index is 12.3.